The number of benzene rings is 2. The van der Waals surface area contributed by atoms with Gasteiger partial charge in [0.05, 0.1) is 30.7 Å². The Bertz CT molecular complexity index is 1330. The molecule has 1 aromatic heterocycles. The number of carbonyl (C=O) groups is 3. The first-order valence-electron chi connectivity index (χ1n) is 11.7. The highest BCUT2D eigenvalue weighted by Gasteiger charge is 2.37. The number of aromatic nitrogens is 2. The Morgan fingerprint density at radius 2 is 1.94 bits per heavy atom. The number of carboxylic acid groups (broad SMARTS) is 1. The molecule has 0 bridgehead atoms. The Hall–Kier alpha value is -4.34. The fourth-order valence-electron chi connectivity index (χ4n) is 4.53. The number of aryl methyl sites for hydroxylation is 1. The summed E-state index contributed by atoms with van der Waals surface area (Å²) in [6.07, 6.45) is 1.77. The van der Waals surface area contributed by atoms with Crippen molar-refractivity contribution in [3.63, 3.8) is 0 Å². The number of amides is 2. The van der Waals surface area contributed by atoms with Crippen LogP contribution in [-0.4, -0.2) is 56.7 Å². The molecule has 2 aliphatic heterocycles. The van der Waals surface area contributed by atoms with Gasteiger partial charge in [-0.05, 0) is 36.2 Å². The highest BCUT2D eigenvalue weighted by molar-refractivity contribution is 5.98. The van der Waals surface area contributed by atoms with E-state index in [2.05, 4.69) is 16.4 Å². The molecule has 0 saturated carbocycles. The molecule has 0 aliphatic carbocycles. The van der Waals surface area contributed by atoms with E-state index in [4.69, 9.17) is 14.6 Å². The molecule has 1 atom stereocenters. The van der Waals surface area contributed by atoms with E-state index in [1.807, 2.05) is 29.7 Å². The molecule has 0 fully saturated rings. The minimum atomic E-state index is -1.01. The first kappa shape index (κ1) is 23.4. The number of rotatable bonds is 7. The molecule has 3 heterocycles. The fraction of sp³-hybridized carbons (Fsp3) is 0.308. The van der Waals surface area contributed by atoms with E-state index in [-0.39, 0.29) is 38.6 Å². The van der Waals surface area contributed by atoms with Crippen LogP contribution in [0.3, 0.4) is 0 Å². The van der Waals surface area contributed by atoms with E-state index in [0.29, 0.717) is 23.6 Å². The molecule has 3 aromatic rings. The number of nitrogens with one attached hydrogen (secondary N) is 1. The zero-order chi connectivity index (χ0) is 25.2. The number of nitrogens with zero attached hydrogens (tertiary/aromatic N) is 3. The summed E-state index contributed by atoms with van der Waals surface area (Å²) < 4.78 is 12.8. The van der Waals surface area contributed by atoms with Gasteiger partial charge in [0, 0.05) is 25.1 Å². The van der Waals surface area contributed by atoms with Gasteiger partial charge in [0.1, 0.15) is 6.04 Å². The SMILES string of the molecule is Cc1ccccc1Cn1cnc2c1CN(C(=O)c1ccc3c(c1)OCO3)C(C(=O)NCCC(=O)O)C2. The number of hydrogen-bond donors (Lipinski definition) is 2. The molecule has 1 unspecified atom stereocenters. The van der Waals surface area contributed by atoms with Crippen LogP contribution in [0.5, 0.6) is 11.5 Å². The minimum absolute atomic E-state index is 0.0225. The number of fused-ring (bicyclic) bond motifs is 2. The summed E-state index contributed by atoms with van der Waals surface area (Å²) in [4.78, 5) is 43.7. The van der Waals surface area contributed by atoms with Crippen LogP contribution in [0.1, 0.15) is 39.3 Å². The minimum Gasteiger partial charge on any atom is -0.481 e. The molecule has 5 rings (SSSR count). The van der Waals surface area contributed by atoms with Crippen molar-refractivity contribution in [2.24, 2.45) is 0 Å². The molecule has 10 heteroatoms. The van der Waals surface area contributed by atoms with Gasteiger partial charge >= 0.3 is 5.97 Å². The lowest BCUT2D eigenvalue weighted by Crippen LogP contribution is -2.53. The number of ether oxygens (including phenoxy) is 2. The number of carbonyl (C=O) groups excluding carboxylic acids is 2. The number of hydrogen-bond acceptors (Lipinski definition) is 6. The van der Waals surface area contributed by atoms with Crippen molar-refractivity contribution in [2.75, 3.05) is 13.3 Å². The second-order valence-corrected chi connectivity index (χ2v) is 8.85. The van der Waals surface area contributed by atoms with Gasteiger partial charge in [0.25, 0.3) is 5.91 Å². The third-order valence-corrected chi connectivity index (χ3v) is 6.54. The molecule has 0 radical (unpaired) electrons. The van der Waals surface area contributed by atoms with E-state index in [1.54, 1.807) is 24.5 Å². The Labute approximate surface area is 207 Å². The highest BCUT2D eigenvalue weighted by Crippen LogP contribution is 2.34. The number of carboxylic acids is 1. The molecule has 2 aliphatic rings. The van der Waals surface area contributed by atoms with Crippen molar-refractivity contribution in [3.05, 3.63) is 76.9 Å². The number of imidazole rings is 1. The summed E-state index contributed by atoms with van der Waals surface area (Å²) in [5, 5.41) is 11.6. The summed E-state index contributed by atoms with van der Waals surface area (Å²) in [5.74, 6) is -0.716. The third kappa shape index (κ3) is 4.61. The van der Waals surface area contributed by atoms with Crippen molar-refractivity contribution >= 4 is 17.8 Å². The summed E-state index contributed by atoms with van der Waals surface area (Å²) in [5.41, 5.74) is 4.27. The predicted octanol–water partition coefficient (Wildman–Crippen LogP) is 2.13. The van der Waals surface area contributed by atoms with Gasteiger partial charge in [-0.25, -0.2) is 4.98 Å². The van der Waals surface area contributed by atoms with Crippen LogP contribution in [0.2, 0.25) is 0 Å². The maximum Gasteiger partial charge on any atom is 0.305 e. The quantitative estimate of drug-likeness (QED) is 0.520. The maximum absolute atomic E-state index is 13.7. The fourth-order valence-corrected chi connectivity index (χ4v) is 4.53. The van der Waals surface area contributed by atoms with Crippen LogP contribution in [-0.2, 0) is 29.1 Å². The van der Waals surface area contributed by atoms with Crippen molar-refractivity contribution in [3.8, 4) is 11.5 Å². The molecule has 36 heavy (non-hydrogen) atoms. The Kier molecular flexibility index (Phi) is 6.32. The summed E-state index contributed by atoms with van der Waals surface area (Å²) in [6, 6.07) is 12.2. The molecule has 2 amide bonds. The van der Waals surface area contributed by atoms with Crippen LogP contribution in [0.15, 0.2) is 48.8 Å². The van der Waals surface area contributed by atoms with E-state index in [1.165, 1.54) is 4.90 Å². The van der Waals surface area contributed by atoms with Crippen LogP contribution in [0, 0.1) is 6.92 Å². The van der Waals surface area contributed by atoms with E-state index >= 15 is 0 Å². The van der Waals surface area contributed by atoms with Gasteiger partial charge in [0.2, 0.25) is 12.7 Å². The first-order valence-corrected chi connectivity index (χ1v) is 11.7. The topological polar surface area (TPSA) is 123 Å². The van der Waals surface area contributed by atoms with Crippen molar-refractivity contribution < 1.29 is 29.0 Å². The van der Waals surface area contributed by atoms with Crippen LogP contribution >= 0.6 is 0 Å². The molecule has 2 N–H and O–H groups in total. The van der Waals surface area contributed by atoms with Crippen LogP contribution in [0.4, 0.5) is 0 Å². The van der Waals surface area contributed by atoms with Gasteiger partial charge in [-0.15, -0.1) is 0 Å². The lowest BCUT2D eigenvalue weighted by molar-refractivity contribution is -0.137. The molecular weight excluding hydrogens is 464 g/mol. The summed E-state index contributed by atoms with van der Waals surface area (Å²) >= 11 is 0. The Morgan fingerprint density at radius 3 is 2.75 bits per heavy atom. The maximum atomic E-state index is 13.7. The largest absolute Gasteiger partial charge is 0.481 e. The lowest BCUT2D eigenvalue weighted by Gasteiger charge is -2.35. The normalized spacial score (nSPS) is 15.9. The second-order valence-electron chi connectivity index (χ2n) is 8.85. The van der Waals surface area contributed by atoms with Crippen molar-refractivity contribution in [1.29, 1.82) is 0 Å². The van der Waals surface area contributed by atoms with E-state index in [0.717, 1.165) is 22.5 Å². The zero-order valence-corrected chi connectivity index (χ0v) is 19.8. The van der Waals surface area contributed by atoms with Gasteiger partial charge in [-0.1, -0.05) is 24.3 Å². The zero-order valence-electron chi connectivity index (χ0n) is 19.8. The van der Waals surface area contributed by atoms with E-state index in [9.17, 15) is 14.4 Å². The summed E-state index contributed by atoms with van der Waals surface area (Å²) in [7, 11) is 0. The third-order valence-electron chi connectivity index (χ3n) is 6.54. The smallest absolute Gasteiger partial charge is 0.305 e. The Balaban J connectivity index is 1.44. The van der Waals surface area contributed by atoms with Crippen LogP contribution < -0.4 is 14.8 Å². The van der Waals surface area contributed by atoms with E-state index < -0.39 is 17.9 Å². The van der Waals surface area contributed by atoms with Gasteiger partial charge < -0.3 is 29.4 Å². The van der Waals surface area contributed by atoms with Crippen molar-refractivity contribution in [2.45, 2.75) is 38.9 Å². The molecule has 0 saturated heterocycles. The average Bonchev–Trinajstić information content (AvgIpc) is 3.50. The molecule has 10 nitrogen and oxygen atoms in total. The summed E-state index contributed by atoms with van der Waals surface area (Å²) in [6.45, 7) is 2.89. The van der Waals surface area contributed by atoms with Gasteiger partial charge in [-0.2, -0.15) is 0 Å². The van der Waals surface area contributed by atoms with Gasteiger partial charge in [0.15, 0.2) is 11.5 Å². The second kappa shape index (κ2) is 9.73. The predicted molar refractivity (Wildman–Crippen MR) is 128 cm³/mol. The number of aliphatic carboxylic acids is 1. The van der Waals surface area contributed by atoms with Gasteiger partial charge in [-0.3, -0.25) is 14.4 Å². The lowest BCUT2D eigenvalue weighted by atomic mass is 9.99. The molecule has 186 valence electrons. The highest BCUT2D eigenvalue weighted by atomic mass is 16.7. The van der Waals surface area contributed by atoms with Crippen LogP contribution in [0.25, 0.3) is 0 Å². The monoisotopic (exact) mass is 490 g/mol. The first-order chi connectivity index (χ1) is 17.4. The average molecular weight is 491 g/mol. The Morgan fingerprint density at radius 1 is 1.14 bits per heavy atom. The molecular formula is C26H26N4O6. The standard InChI is InChI=1S/C26H26N4O6/c1-16-4-2-3-5-18(16)12-29-14-28-19-11-20(25(33)27-9-8-24(31)32)30(13-21(19)29)26(34)17-6-7-22-23(10-17)36-15-35-22/h2-7,10,14,20H,8-9,11-13,15H2,1H3,(H,27,33)(H,31,32). The van der Waals surface area contributed by atoms with Crippen molar-refractivity contribution in [1.82, 2.24) is 19.8 Å². The molecule has 0 spiro atoms. The molecule has 2 aromatic carbocycles.